The molecular formula is C18H23N5O4. The molecule has 0 aliphatic carbocycles. The maximum atomic E-state index is 11.8. The fourth-order valence-corrected chi connectivity index (χ4v) is 2.57. The third-order valence-corrected chi connectivity index (χ3v) is 4.05. The zero-order valence-corrected chi connectivity index (χ0v) is 14.9. The number of anilines is 1. The Morgan fingerprint density at radius 1 is 1.07 bits per heavy atom. The van der Waals surface area contributed by atoms with E-state index in [-0.39, 0.29) is 19.0 Å². The fourth-order valence-electron chi connectivity index (χ4n) is 2.57. The van der Waals surface area contributed by atoms with Crippen molar-refractivity contribution in [1.82, 2.24) is 20.9 Å². The van der Waals surface area contributed by atoms with E-state index in [1.807, 2.05) is 12.1 Å². The smallest absolute Gasteiger partial charge is 0.315 e. The Labute approximate surface area is 157 Å². The Morgan fingerprint density at radius 2 is 1.93 bits per heavy atom. The molecule has 3 amide bonds. The third kappa shape index (κ3) is 6.00. The number of aromatic nitrogens is 1. The molecule has 0 spiro atoms. The molecule has 9 heteroatoms. The van der Waals surface area contributed by atoms with Crippen LogP contribution in [0.4, 0.5) is 10.6 Å². The highest BCUT2D eigenvalue weighted by atomic mass is 16.5. The Balaban J connectivity index is 1.34. The predicted molar refractivity (Wildman–Crippen MR) is 98.1 cm³/mol. The van der Waals surface area contributed by atoms with Gasteiger partial charge in [-0.15, -0.1) is 0 Å². The van der Waals surface area contributed by atoms with Gasteiger partial charge in [-0.25, -0.2) is 9.78 Å². The maximum absolute atomic E-state index is 11.8. The summed E-state index contributed by atoms with van der Waals surface area (Å²) >= 11 is 0. The van der Waals surface area contributed by atoms with E-state index in [1.54, 1.807) is 18.3 Å². The van der Waals surface area contributed by atoms with E-state index < -0.39 is 6.03 Å². The summed E-state index contributed by atoms with van der Waals surface area (Å²) in [6.45, 7) is 3.58. The third-order valence-electron chi connectivity index (χ3n) is 4.05. The Morgan fingerprint density at radius 3 is 2.63 bits per heavy atom. The van der Waals surface area contributed by atoms with Crippen molar-refractivity contribution in [3.8, 4) is 0 Å². The summed E-state index contributed by atoms with van der Waals surface area (Å²) in [7, 11) is 0. The molecule has 1 aliphatic rings. The molecule has 0 unspecified atom stereocenters. The van der Waals surface area contributed by atoms with E-state index in [9.17, 15) is 9.59 Å². The lowest BCUT2D eigenvalue weighted by Gasteiger charge is -2.27. The number of nitrogens with zero attached hydrogens (tertiary/aromatic N) is 2. The topological polar surface area (TPSA) is 109 Å². The van der Waals surface area contributed by atoms with Crippen LogP contribution in [0.1, 0.15) is 11.3 Å². The number of hydrogen-bond donors (Lipinski definition) is 3. The lowest BCUT2D eigenvalue weighted by molar-refractivity contribution is -0.120. The van der Waals surface area contributed by atoms with E-state index in [0.29, 0.717) is 25.5 Å². The SMILES string of the molecule is O=C(CNC(=O)NCc1ccc(N2CCOCC2)nc1)NCc1ccco1. The normalized spacial score (nSPS) is 13.9. The average Bonchev–Trinajstić information content (AvgIpc) is 3.24. The van der Waals surface area contributed by atoms with Crippen LogP contribution in [0.3, 0.4) is 0 Å². The molecule has 2 aromatic heterocycles. The van der Waals surface area contributed by atoms with Gasteiger partial charge in [0, 0.05) is 25.8 Å². The monoisotopic (exact) mass is 373 g/mol. The summed E-state index contributed by atoms with van der Waals surface area (Å²) in [6, 6.07) is 6.95. The largest absolute Gasteiger partial charge is 0.467 e. The average molecular weight is 373 g/mol. The number of morpholine rings is 1. The molecule has 2 aromatic rings. The minimum absolute atomic E-state index is 0.110. The van der Waals surface area contributed by atoms with Crippen LogP contribution in [0.25, 0.3) is 0 Å². The number of ether oxygens (including phenoxy) is 1. The van der Waals surface area contributed by atoms with E-state index in [4.69, 9.17) is 9.15 Å². The summed E-state index contributed by atoms with van der Waals surface area (Å²) in [5, 5.41) is 7.86. The van der Waals surface area contributed by atoms with Gasteiger partial charge in [-0.05, 0) is 23.8 Å². The van der Waals surface area contributed by atoms with Gasteiger partial charge in [0.2, 0.25) is 5.91 Å². The standard InChI is InChI=1S/C18H23N5O4/c24-17(20-12-15-2-1-7-27-15)13-22-18(25)21-11-14-3-4-16(19-10-14)23-5-8-26-9-6-23/h1-4,7,10H,5-6,8-9,11-13H2,(H,20,24)(H2,21,22,25). The fraction of sp³-hybridized carbons (Fsp3) is 0.389. The molecule has 1 fully saturated rings. The number of carbonyl (C=O) groups excluding carboxylic acids is 2. The van der Waals surface area contributed by atoms with Crippen molar-refractivity contribution in [2.75, 3.05) is 37.7 Å². The molecule has 0 bridgehead atoms. The summed E-state index contributed by atoms with van der Waals surface area (Å²) in [4.78, 5) is 30.1. The van der Waals surface area contributed by atoms with Crippen LogP contribution < -0.4 is 20.9 Å². The molecule has 3 rings (SSSR count). The van der Waals surface area contributed by atoms with Crippen molar-refractivity contribution in [2.24, 2.45) is 0 Å². The summed E-state index contributed by atoms with van der Waals surface area (Å²) in [5.41, 5.74) is 0.879. The first kappa shape index (κ1) is 18.7. The van der Waals surface area contributed by atoms with Crippen LogP contribution in [-0.4, -0.2) is 49.8 Å². The molecule has 0 radical (unpaired) electrons. The molecule has 9 nitrogen and oxygen atoms in total. The lowest BCUT2D eigenvalue weighted by Crippen LogP contribution is -2.41. The van der Waals surface area contributed by atoms with E-state index >= 15 is 0 Å². The molecule has 0 atom stereocenters. The van der Waals surface area contributed by atoms with Gasteiger partial charge in [0.05, 0.1) is 32.6 Å². The Hall–Kier alpha value is -3.07. The molecule has 144 valence electrons. The van der Waals surface area contributed by atoms with Crippen LogP contribution in [0.5, 0.6) is 0 Å². The van der Waals surface area contributed by atoms with Gasteiger partial charge in [0.15, 0.2) is 0 Å². The summed E-state index contributed by atoms with van der Waals surface area (Å²) < 4.78 is 10.4. The second kappa shape index (κ2) is 9.58. The quantitative estimate of drug-likeness (QED) is 0.657. The van der Waals surface area contributed by atoms with Crippen molar-refractivity contribution in [2.45, 2.75) is 13.1 Å². The Bertz CT molecular complexity index is 727. The minimum Gasteiger partial charge on any atom is -0.467 e. The van der Waals surface area contributed by atoms with Crippen LogP contribution in [-0.2, 0) is 22.6 Å². The van der Waals surface area contributed by atoms with Crippen molar-refractivity contribution in [3.63, 3.8) is 0 Å². The second-order valence-electron chi connectivity index (χ2n) is 6.02. The van der Waals surface area contributed by atoms with Gasteiger partial charge in [0.1, 0.15) is 11.6 Å². The van der Waals surface area contributed by atoms with Crippen molar-refractivity contribution in [3.05, 3.63) is 48.0 Å². The van der Waals surface area contributed by atoms with Gasteiger partial charge in [0.25, 0.3) is 0 Å². The first-order valence-electron chi connectivity index (χ1n) is 8.79. The number of rotatable bonds is 7. The first-order valence-corrected chi connectivity index (χ1v) is 8.79. The second-order valence-corrected chi connectivity index (χ2v) is 6.02. The lowest BCUT2D eigenvalue weighted by atomic mass is 10.2. The van der Waals surface area contributed by atoms with Crippen molar-refractivity contribution < 1.29 is 18.7 Å². The maximum Gasteiger partial charge on any atom is 0.315 e. The Kier molecular flexibility index (Phi) is 6.64. The van der Waals surface area contributed by atoms with Crippen LogP contribution in [0, 0.1) is 0 Å². The highest BCUT2D eigenvalue weighted by molar-refractivity contribution is 5.83. The van der Waals surface area contributed by atoms with Gasteiger partial charge >= 0.3 is 6.03 Å². The van der Waals surface area contributed by atoms with Crippen LogP contribution >= 0.6 is 0 Å². The van der Waals surface area contributed by atoms with Crippen molar-refractivity contribution in [1.29, 1.82) is 0 Å². The van der Waals surface area contributed by atoms with Gasteiger partial charge in [-0.1, -0.05) is 6.07 Å². The van der Waals surface area contributed by atoms with E-state index in [1.165, 1.54) is 6.26 Å². The number of urea groups is 1. The van der Waals surface area contributed by atoms with E-state index in [0.717, 1.165) is 24.5 Å². The molecule has 3 heterocycles. The van der Waals surface area contributed by atoms with E-state index in [2.05, 4.69) is 25.8 Å². The van der Waals surface area contributed by atoms with Crippen LogP contribution in [0.15, 0.2) is 41.1 Å². The first-order chi connectivity index (χ1) is 13.2. The minimum atomic E-state index is -0.416. The number of carbonyl (C=O) groups is 2. The number of amides is 3. The molecule has 0 aromatic carbocycles. The summed E-state index contributed by atoms with van der Waals surface area (Å²) in [5.74, 6) is 1.26. The molecule has 3 N–H and O–H groups in total. The highest BCUT2D eigenvalue weighted by Gasteiger charge is 2.12. The highest BCUT2D eigenvalue weighted by Crippen LogP contribution is 2.12. The number of furan rings is 1. The van der Waals surface area contributed by atoms with Gasteiger partial charge in [-0.3, -0.25) is 4.79 Å². The number of hydrogen-bond acceptors (Lipinski definition) is 6. The number of pyridine rings is 1. The molecule has 1 aliphatic heterocycles. The molecule has 0 saturated carbocycles. The molecular weight excluding hydrogens is 350 g/mol. The van der Waals surface area contributed by atoms with Gasteiger partial charge in [-0.2, -0.15) is 0 Å². The zero-order chi connectivity index (χ0) is 18.9. The number of nitrogens with one attached hydrogen (secondary N) is 3. The van der Waals surface area contributed by atoms with Gasteiger partial charge < -0.3 is 30.0 Å². The molecule has 27 heavy (non-hydrogen) atoms. The van der Waals surface area contributed by atoms with Crippen molar-refractivity contribution >= 4 is 17.8 Å². The zero-order valence-electron chi connectivity index (χ0n) is 14.9. The predicted octanol–water partition coefficient (Wildman–Crippen LogP) is 0.627. The molecule has 1 saturated heterocycles. The summed E-state index contributed by atoms with van der Waals surface area (Å²) in [6.07, 6.45) is 3.27. The van der Waals surface area contributed by atoms with Crippen LogP contribution in [0.2, 0.25) is 0 Å².